The first-order valence-electron chi connectivity index (χ1n) is 10.8. The maximum Gasteiger partial charge on any atom is 0.332 e. The second-order valence-electron chi connectivity index (χ2n) is 7.86. The van der Waals surface area contributed by atoms with Gasteiger partial charge in [0, 0.05) is 11.7 Å². The van der Waals surface area contributed by atoms with Gasteiger partial charge in [-0.25, -0.2) is 4.79 Å². The largest absolute Gasteiger partial charge is 0.494 e. The fraction of sp³-hybridized carbons (Fsp3) is 0.375. The summed E-state index contributed by atoms with van der Waals surface area (Å²) in [6.45, 7) is 2.31. The van der Waals surface area contributed by atoms with Crippen molar-refractivity contribution >= 4 is 22.5 Å². The summed E-state index contributed by atoms with van der Waals surface area (Å²) < 4.78 is 8.20. The summed E-state index contributed by atoms with van der Waals surface area (Å²) in [4.78, 5) is 39.2. The monoisotopic (exact) mass is 421 g/mol. The molecule has 1 saturated carbocycles. The normalized spacial score (nSPS) is 14.5. The van der Waals surface area contributed by atoms with Crippen LogP contribution in [0.15, 0.2) is 58.1 Å². The van der Waals surface area contributed by atoms with E-state index in [1.807, 2.05) is 6.92 Å². The van der Waals surface area contributed by atoms with Gasteiger partial charge in [-0.3, -0.25) is 18.7 Å². The lowest BCUT2D eigenvalue weighted by Crippen LogP contribution is -2.44. The molecule has 0 saturated heterocycles. The van der Waals surface area contributed by atoms with Crippen molar-refractivity contribution in [3.05, 3.63) is 69.4 Å². The average Bonchev–Trinajstić information content (AvgIpc) is 2.79. The number of para-hydroxylation sites is 1. The summed E-state index contributed by atoms with van der Waals surface area (Å²) in [6, 6.07) is 14.0. The first-order valence-corrected chi connectivity index (χ1v) is 10.8. The molecule has 4 rings (SSSR count). The quantitative estimate of drug-likeness (QED) is 0.658. The smallest absolute Gasteiger partial charge is 0.332 e. The molecule has 0 spiro atoms. The van der Waals surface area contributed by atoms with Gasteiger partial charge in [-0.1, -0.05) is 31.4 Å². The average molecular weight is 421 g/mol. The van der Waals surface area contributed by atoms with E-state index in [2.05, 4.69) is 5.32 Å². The standard InChI is InChI=1S/C24H27N3O4/c1-2-31-19-14-12-17(13-15-19)25-22(28)16-26-21-11-7-6-10-20(21)23(29)27(24(26)30)18-8-4-3-5-9-18/h6-7,10-15,18H,2-5,8-9,16H2,1H3,(H,25,28). The Morgan fingerprint density at radius 3 is 2.45 bits per heavy atom. The third-order valence-corrected chi connectivity index (χ3v) is 5.77. The van der Waals surface area contributed by atoms with Crippen molar-refractivity contribution in [1.82, 2.24) is 9.13 Å². The van der Waals surface area contributed by atoms with Crippen LogP contribution in [-0.4, -0.2) is 21.6 Å². The van der Waals surface area contributed by atoms with E-state index in [-0.39, 0.29) is 24.1 Å². The van der Waals surface area contributed by atoms with Gasteiger partial charge in [0.05, 0.1) is 17.5 Å². The number of rotatable bonds is 6. The molecule has 31 heavy (non-hydrogen) atoms. The minimum atomic E-state index is -0.419. The molecule has 1 aromatic heterocycles. The summed E-state index contributed by atoms with van der Waals surface area (Å²) in [6.07, 6.45) is 4.75. The second kappa shape index (κ2) is 9.20. The molecule has 1 aliphatic rings. The van der Waals surface area contributed by atoms with E-state index in [0.717, 1.165) is 37.9 Å². The van der Waals surface area contributed by atoms with Crippen LogP contribution in [0.3, 0.4) is 0 Å². The lowest BCUT2D eigenvalue weighted by molar-refractivity contribution is -0.116. The van der Waals surface area contributed by atoms with E-state index in [1.165, 1.54) is 9.13 Å². The van der Waals surface area contributed by atoms with Gasteiger partial charge in [0.2, 0.25) is 5.91 Å². The van der Waals surface area contributed by atoms with E-state index in [9.17, 15) is 14.4 Å². The van der Waals surface area contributed by atoms with Crippen molar-refractivity contribution in [2.45, 2.75) is 51.6 Å². The highest BCUT2D eigenvalue weighted by Gasteiger charge is 2.23. The van der Waals surface area contributed by atoms with Crippen molar-refractivity contribution in [3.8, 4) is 5.75 Å². The van der Waals surface area contributed by atoms with Crippen molar-refractivity contribution in [2.24, 2.45) is 0 Å². The second-order valence-corrected chi connectivity index (χ2v) is 7.86. The Morgan fingerprint density at radius 2 is 1.74 bits per heavy atom. The molecule has 7 nitrogen and oxygen atoms in total. The van der Waals surface area contributed by atoms with Crippen LogP contribution < -0.4 is 21.3 Å². The molecule has 162 valence electrons. The zero-order valence-corrected chi connectivity index (χ0v) is 17.7. The van der Waals surface area contributed by atoms with E-state index >= 15 is 0 Å². The molecule has 0 bridgehead atoms. The number of hydrogen-bond acceptors (Lipinski definition) is 4. The van der Waals surface area contributed by atoms with Crippen LogP contribution in [0.1, 0.15) is 45.1 Å². The molecule has 1 amide bonds. The van der Waals surface area contributed by atoms with Gasteiger partial charge in [0.1, 0.15) is 12.3 Å². The highest BCUT2D eigenvalue weighted by molar-refractivity contribution is 5.91. The lowest BCUT2D eigenvalue weighted by atomic mass is 9.95. The SMILES string of the molecule is CCOc1ccc(NC(=O)Cn2c(=O)n(C3CCCCC3)c(=O)c3ccccc32)cc1. The van der Waals surface area contributed by atoms with Crippen molar-refractivity contribution in [2.75, 3.05) is 11.9 Å². The van der Waals surface area contributed by atoms with E-state index in [0.29, 0.717) is 23.2 Å². The number of benzene rings is 2. The van der Waals surface area contributed by atoms with E-state index in [1.54, 1.807) is 48.5 Å². The lowest BCUT2D eigenvalue weighted by Gasteiger charge is -2.24. The van der Waals surface area contributed by atoms with Gasteiger partial charge in [-0.15, -0.1) is 0 Å². The van der Waals surface area contributed by atoms with Gasteiger partial charge in [-0.05, 0) is 56.2 Å². The number of nitrogens with zero attached hydrogens (tertiary/aromatic N) is 2. The Bertz CT molecular complexity index is 1190. The highest BCUT2D eigenvalue weighted by atomic mass is 16.5. The summed E-state index contributed by atoms with van der Waals surface area (Å²) in [5, 5.41) is 3.28. The highest BCUT2D eigenvalue weighted by Crippen LogP contribution is 2.26. The molecule has 2 aromatic carbocycles. The molecule has 0 radical (unpaired) electrons. The number of fused-ring (bicyclic) bond motifs is 1. The summed E-state index contributed by atoms with van der Waals surface area (Å²) >= 11 is 0. The molecule has 0 unspecified atom stereocenters. The van der Waals surface area contributed by atoms with E-state index in [4.69, 9.17) is 4.74 Å². The first kappa shape index (κ1) is 20.9. The maximum atomic E-state index is 13.3. The van der Waals surface area contributed by atoms with Crippen LogP contribution in [-0.2, 0) is 11.3 Å². The molecule has 0 aliphatic heterocycles. The fourth-order valence-electron chi connectivity index (χ4n) is 4.30. The van der Waals surface area contributed by atoms with Crippen LogP contribution in [0.5, 0.6) is 5.75 Å². The number of nitrogens with one attached hydrogen (secondary N) is 1. The minimum Gasteiger partial charge on any atom is -0.494 e. The number of ether oxygens (including phenoxy) is 1. The van der Waals surface area contributed by atoms with Crippen LogP contribution in [0.2, 0.25) is 0 Å². The van der Waals surface area contributed by atoms with Gasteiger partial charge in [0.25, 0.3) is 5.56 Å². The Labute approximate surface area is 180 Å². The number of aromatic nitrogens is 2. The number of hydrogen-bond donors (Lipinski definition) is 1. The predicted molar refractivity (Wildman–Crippen MR) is 121 cm³/mol. The number of anilines is 1. The third-order valence-electron chi connectivity index (χ3n) is 5.77. The van der Waals surface area contributed by atoms with Crippen molar-refractivity contribution in [3.63, 3.8) is 0 Å². The predicted octanol–water partition coefficient (Wildman–Crippen LogP) is 3.71. The molecule has 3 aromatic rings. The summed E-state index contributed by atoms with van der Waals surface area (Å²) in [5.41, 5.74) is 0.408. The number of amides is 1. The van der Waals surface area contributed by atoms with Crippen LogP contribution in [0.4, 0.5) is 5.69 Å². The maximum absolute atomic E-state index is 13.3. The Kier molecular flexibility index (Phi) is 6.21. The molecule has 7 heteroatoms. The summed E-state index contributed by atoms with van der Waals surface area (Å²) in [7, 11) is 0. The Hall–Kier alpha value is -3.35. The number of carbonyl (C=O) groups is 1. The van der Waals surface area contributed by atoms with Crippen LogP contribution in [0.25, 0.3) is 10.9 Å². The summed E-state index contributed by atoms with van der Waals surface area (Å²) in [5.74, 6) is 0.396. The third kappa shape index (κ3) is 4.40. The van der Waals surface area contributed by atoms with Gasteiger partial charge in [0.15, 0.2) is 0 Å². The van der Waals surface area contributed by atoms with Crippen LogP contribution in [0, 0.1) is 0 Å². The van der Waals surface area contributed by atoms with E-state index < -0.39 is 5.69 Å². The molecular formula is C24H27N3O4. The van der Waals surface area contributed by atoms with Gasteiger partial charge >= 0.3 is 5.69 Å². The van der Waals surface area contributed by atoms with Crippen molar-refractivity contribution < 1.29 is 9.53 Å². The molecule has 1 heterocycles. The topological polar surface area (TPSA) is 82.3 Å². The molecular weight excluding hydrogens is 394 g/mol. The minimum absolute atomic E-state index is 0.112. The Balaban J connectivity index is 1.67. The zero-order chi connectivity index (χ0) is 21.8. The fourth-order valence-corrected chi connectivity index (χ4v) is 4.30. The first-order chi connectivity index (χ1) is 15.1. The number of carbonyl (C=O) groups excluding carboxylic acids is 1. The molecule has 1 N–H and O–H groups in total. The zero-order valence-electron chi connectivity index (χ0n) is 17.7. The van der Waals surface area contributed by atoms with Gasteiger partial charge < -0.3 is 10.1 Å². The molecule has 0 atom stereocenters. The Morgan fingerprint density at radius 1 is 1.03 bits per heavy atom. The van der Waals surface area contributed by atoms with Gasteiger partial charge in [-0.2, -0.15) is 0 Å². The molecule has 1 fully saturated rings. The van der Waals surface area contributed by atoms with Crippen LogP contribution >= 0.6 is 0 Å². The molecule has 1 aliphatic carbocycles. The van der Waals surface area contributed by atoms with Crippen molar-refractivity contribution in [1.29, 1.82) is 0 Å².